The Morgan fingerprint density at radius 1 is 1.40 bits per heavy atom. The molecule has 1 aliphatic heterocycles. The van der Waals surface area contributed by atoms with Crippen molar-refractivity contribution in [3.8, 4) is 0 Å². The van der Waals surface area contributed by atoms with Gasteiger partial charge in [-0.15, -0.1) is 0 Å². The first-order valence-electron chi connectivity index (χ1n) is 4.55. The summed E-state index contributed by atoms with van der Waals surface area (Å²) in [4.78, 5) is 0. The van der Waals surface area contributed by atoms with Gasteiger partial charge < -0.3 is 5.32 Å². The summed E-state index contributed by atoms with van der Waals surface area (Å²) in [5.74, 6) is 1.95. The van der Waals surface area contributed by atoms with E-state index in [4.69, 9.17) is 0 Å². The van der Waals surface area contributed by atoms with Gasteiger partial charge in [0.2, 0.25) is 0 Å². The molecule has 0 radical (unpaired) electrons. The molecule has 1 N–H and O–H groups in total. The minimum atomic E-state index is 0.946. The highest BCUT2D eigenvalue weighted by molar-refractivity contribution is 4.72. The van der Waals surface area contributed by atoms with Gasteiger partial charge in [-0.05, 0) is 37.8 Å². The Morgan fingerprint density at radius 2 is 2.00 bits per heavy atom. The molecule has 1 fully saturated rings. The van der Waals surface area contributed by atoms with Gasteiger partial charge in [0.05, 0.1) is 0 Å². The van der Waals surface area contributed by atoms with Crippen molar-refractivity contribution in [2.45, 2.75) is 33.1 Å². The topological polar surface area (TPSA) is 12.0 Å². The highest BCUT2D eigenvalue weighted by atomic mass is 14.9. The summed E-state index contributed by atoms with van der Waals surface area (Å²) >= 11 is 0. The fraction of sp³-hybridized carbons (Fsp3) is 1.00. The molecule has 0 aliphatic carbocycles. The Kier molecular flexibility index (Phi) is 3.20. The third-order valence-corrected chi connectivity index (χ3v) is 2.83. The van der Waals surface area contributed by atoms with Crippen molar-refractivity contribution >= 4 is 0 Å². The molecule has 0 aromatic rings. The number of hydrogen-bond acceptors (Lipinski definition) is 1. The molecule has 1 rings (SSSR count). The van der Waals surface area contributed by atoms with Crippen molar-refractivity contribution in [2.24, 2.45) is 11.8 Å². The minimum absolute atomic E-state index is 0.946. The smallest absolute Gasteiger partial charge is 0.00462 e. The third-order valence-electron chi connectivity index (χ3n) is 2.83. The summed E-state index contributed by atoms with van der Waals surface area (Å²) in [6.07, 6.45) is 4.15. The van der Waals surface area contributed by atoms with Gasteiger partial charge >= 0.3 is 0 Å². The first-order chi connectivity index (χ1) is 4.84. The lowest BCUT2D eigenvalue weighted by Gasteiger charge is -2.27. The Balaban J connectivity index is 2.24. The van der Waals surface area contributed by atoms with Gasteiger partial charge in [0, 0.05) is 0 Å². The van der Waals surface area contributed by atoms with Crippen LogP contribution in [0.2, 0.25) is 0 Å². The van der Waals surface area contributed by atoms with E-state index in [0.29, 0.717) is 0 Å². The molecule has 1 nitrogen and oxygen atoms in total. The summed E-state index contributed by atoms with van der Waals surface area (Å²) < 4.78 is 0. The molecule has 1 aliphatic rings. The Morgan fingerprint density at radius 3 is 2.50 bits per heavy atom. The van der Waals surface area contributed by atoms with Crippen LogP contribution in [0.3, 0.4) is 0 Å². The van der Waals surface area contributed by atoms with Crippen molar-refractivity contribution in [1.82, 2.24) is 5.32 Å². The van der Waals surface area contributed by atoms with E-state index in [2.05, 4.69) is 19.2 Å². The zero-order valence-corrected chi connectivity index (χ0v) is 7.19. The SMILES string of the molecule is CC[C@H](C)C1CCNCC1. The van der Waals surface area contributed by atoms with Crippen LogP contribution in [-0.2, 0) is 0 Å². The maximum absolute atomic E-state index is 3.39. The van der Waals surface area contributed by atoms with Gasteiger partial charge in [-0.2, -0.15) is 0 Å². The summed E-state index contributed by atoms with van der Waals surface area (Å²) in [6, 6.07) is 0. The minimum Gasteiger partial charge on any atom is -0.317 e. The quantitative estimate of drug-likeness (QED) is 0.620. The molecular weight excluding hydrogens is 122 g/mol. The second-order valence-corrected chi connectivity index (χ2v) is 3.47. The molecule has 0 spiro atoms. The van der Waals surface area contributed by atoms with Crippen LogP contribution < -0.4 is 5.32 Å². The van der Waals surface area contributed by atoms with E-state index >= 15 is 0 Å². The van der Waals surface area contributed by atoms with Gasteiger partial charge in [0.1, 0.15) is 0 Å². The predicted molar refractivity (Wildman–Crippen MR) is 45.0 cm³/mol. The second-order valence-electron chi connectivity index (χ2n) is 3.47. The van der Waals surface area contributed by atoms with Crippen LogP contribution in [-0.4, -0.2) is 13.1 Å². The van der Waals surface area contributed by atoms with E-state index in [9.17, 15) is 0 Å². The molecular formula is C9H19N. The van der Waals surface area contributed by atoms with E-state index in [0.717, 1.165) is 11.8 Å². The van der Waals surface area contributed by atoms with Gasteiger partial charge in [-0.25, -0.2) is 0 Å². The average molecular weight is 141 g/mol. The lowest BCUT2D eigenvalue weighted by atomic mass is 9.85. The monoisotopic (exact) mass is 141 g/mol. The predicted octanol–water partition coefficient (Wildman–Crippen LogP) is 2.03. The molecule has 0 saturated carbocycles. The Hall–Kier alpha value is -0.0400. The summed E-state index contributed by atoms with van der Waals surface area (Å²) in [7, 11) is 0. The van der Waals surface area contributed by atoms with E-state index < -0.39 is 0 Å². The van der Waals surface area contributed by atoms with Crippen molar-refractivity contribution in [2.75, 3.05) is 13.1 Å². The summed E-state index contributed by atoms with van der Waals surface area (Å²) in [5.41, 5.74) is 0. The van der Waals surface area contributed by atoms with Gasteiger partial charge in [-0.3, -0.25) is 0 Å². The highest BCUT2D eigenvalue weighted by Gasteiger charge is 2.17. The van der Waals surface area contributed by atoms with Crippen LogP contribution in [0.1, 0.15) is 33.1 Å². The molecule has 0 aromatic carbocycles. The Bertz CT molecular complexity index is 84.7. The first-order valence-corrected chi connectivity index (χ1v) is 4.55. The highest BCUT2D eigenvalue weighted by Crippen LogP contribution is 2.23. The molecule has 0 unspecified atom stereocenters. The Labute approximate surface area is 64.2 Å². The zero-order chi connectivity index (χ0) is 7.40. The van der Waals surface area contributed by atoms with Crippen LogP contribution >= 0.6 is 0 Å². The molecule has 1 saturated heterocycles. The van der Waals surface area contributed by atoms with Crippen molar-refractivity contribution < 1.29 is 0 Å². The van der Waals surface area contributed by atoms with Crippen LogP contribution in [0.5, 0.6) is 0 Å². The van der Waals surface area contributed by atoms with E-state index in [1.54, 1.807) is 0 Å². The fourth-order valence-corrected chi connectivity index (χ4v) is 1.75. The lowest BCUT2D eigenvalue weighted by molar-refractivity contribution is 0.270. The summed E-state index contributed by atoms with van der Waals surface area (Å²) in [5, 5.41) is 3.39. The number of hydrogen-bond donors (Lipinski definition) is 1. The maximum Gasteiger partial charge on any atom is -0.00462 e. The summed E-state index contributed by atoms with van der Waals surface area (Å²) in [6.45, 7) is 7.17. The van der Waals surface area contributed by atoms with Crippen molar-refractivity contribution in [3.05, 3.63) is 0 Å². The molecule has 10 heavy (non-hydrogen) atoms. The van der Waals surface area contributed by atoms with E-state index in [1.807, 2.05) is 0 Å². The standard InChI is InChI=1S/C9H19N/c1-3-8(2)9-4-6-10-7-5-9/h8-10H,3-7H2,1-2H3/t8-/m0/s1. The molecule has 1 heteroatoms. The second kappa shape index (κ2) is 3.97. The molecule has 0 bridgehead atoms. The van der Waals surface area contributed by atoms with Crippen LogP contribution in [0, 0.1) is 11.8 Å². The molecule has 1 atom stereocenters. The number of piperidine rings is 1. The molecule has 0 aromatic heterocycles. The largest absolute Gasteiger partial charge is 0.317 e. The van der Waals surface area contributed by atoms with Crippen molar-refractivity contribution in [1.29, 1.82) is 0 Å². The normalized spacial score (nSPS) is 24.6. The number of nitrogens with one attached hydrogen (secondary N) is 1. The van der Waals surface area contributed by atoms with E-state index in [-0.39, 0.29) is 0 Å². The first kappa shape index (κ1) is 8.06. The van der Waals surface area contributed by atoms with Crippen molar-refractivity contribution in [3.63, 3.8) is 0 Å². The third kappa shape index (κ3) is 1.98. The van der Waals surface area contributed by atoms with Crippen LogP contribution in [0.15, 0.2) is 0 Å². The molecule has 0 amide bonds. The average Bonchev–Trinajstić information content (AvgIpc) is 2.05. The molecule has 60 valence electrons. The van der Waals surface area contributed by atoms with Crippen LogP contribution in [0.25, 0.3) is 0 Å². The van der Waals surface area contributed by atoms with Crippen LogP contribution in [0.4, 0.5) is 0 Å². The maximum atomic E-state index is 3.39. The zero-order valence-electron chi connectivity index (χ0n) is 7.19. The van der Waals surface area contributed by atoms with Gasteiger partial charge in [-0.1, -0.05) is 20.3 Å². The number of rotatable bonds is 2. The lowest BCUT2D eigenvalue weighted by Crippen LogP contribution is -2.30. The fourth-order valence-electron chi connectivity index (χ4n) is 1.75. The van der Waals surface area contributed by atoms with Gasteiger partial charge in [0.25, 0.3) is 0 Å². The van der Waals surface area contributed by atoms with Gasteiger partial charge in [0.15, 0.2) is 0 Å². The van der Waals surface area contributed by atoms with E-state index in [1.165, 1.54) is 32.4 Å². The molecule has 1 heterocycles.